The molecule has 1 aliphatic rings. The second-order valence-corrected chi connectivity index (χ2v) is 8.82. The molecule has 5 rings (SSSR count). The highest BCUT2D eigenvalue weighted by Gasteiger charge is 2.15. The van der Waals surface area contributed by atoms with E-state index in [2.05, 4.69) is 39.5 Å². The molecule has 0 atom stereocenters. The zero-order valence-electron chi connectivity index (χ0n) is 19.4. The molecular formula is C26H28N6O2. The highest BCUT2D eigenvalue weighted by atomic mass is 16.5. The van der Waals surface area contributed by atoms with E-state index in [4.69, 9.17) is 4.74 Å². The minimum absolute atomic E-state index is 0.219. The smallest absolute Gasteiger partial charge is 0.258 e. The van der Waals surface area contributed by atoms with Crippen LogP contribution in [0.4, 0.5) is 5.95 Å². The molecule has 1 aliphatic heterocycles. The summed E-state index contributed by atoms with van der Waals surface area (Å²) in [6, 6.07) is 13.5. The number of piperidine rings is 1. The molecule has 8 heteroatoms. The van der Waals surface area contributed by atoms with Gasteiger partial charge in [0, 0.05) is 34.9 Å². The first-order chi connectivity index (χ1) is 16.5. The molecule has 174 valence electrons. The van der Waals surface area contributed by atoms with Crippen LogP contribution in [0.15, 0.2) is 61.1 Å². The molecule has 1 amide bonds. The van der Waals surface area contributed by atoms with E-state index in [1.165, 1.54) is 0 Å². The van der Waals surface area contributed by atoms with Gasteiger partial charge in [0.25, 0.3) is 5.91 Å². The Morgan fingerprint density at radius 3 is 2.62 bits per heavy atom. The Labute approximate surface area is 198 Å². The second-order valence-electron chi connectivity index (χ2n) is 8.82. The number of amides is 1. The summed E-state index contributed by atoms with van der Waals surface area (Å²) in [6.45, 7) is 6.13. The number of anilines is 1. The Bertz CT molecular complexity index is 1290. The van der Waals surface area contributed by atoms with Crippen LogP contribution >= 0.6 is 0 Å². The number of carbonyl (C=O) groups excluding carboxylic acids is 1. The molecule has 1 fully saturated rings. The third kappa shape index (κ3) is 4.92. The van der Waals surface area contributed by atoms with E-state index in [-0.39, 0.29) is 18.0 Å². The molecule has 0 saturated carbocycles. The van der Waals surface area contributed by atoms with Crippen molar-refractivity contribution in [3.05, 3.63) is 66.6 Å². The average Bonchev–Trinajstić information content (AvgIpc) is 3.36. The molecule has 1 saturated heterocycles. The van der Waals surface area contributed by atoms with E-state index in [9.17, 15) is 4.79 Å². The number of fused-ring (bicyclic) bond motifs is 1. The van der Waals surface area contributed by atoms with Crippen LogP contribution in [0, 0.1) is 0 Å². The molecule has 2 N–H and O–H groups in total. The molecule has 0 aliphatic carbocycles. The van der Waals surface area contributed by atoms with E-state index < -0.39 is 0 Å². The summed E-state index contributed by atoms with van der Waals surface area (Å²) >= 11 is 0. The maximum Gasteiger partial charge on any atom is 0.258 e. The van der Waals surface area contributed by atoms with Crippen molar-refractivity contribution in [1.29, 1.82) is 0 Å². The Balaban J connectivity index is 1.29. The summed E-state index contributed by atoms with van der Waals surface area (Å²) in [6.07, 6.45) is 7.79. The Morgan fingerprint density at radius 2 is 1.88 bits per heavy atom. The van der Waals surface area contributed by atoms with Crippen LogP contribution in [-0.2, 0) is 0 Å². The van der Waals surface area contributed by atoms with Crippen molar-refractivity contribution in [3.8, 4) is 16.9 Å². The van der Waals surface area contributed by atoms with Gasteiger partial charge in [0.15, 0.2) is 0 Å². The zero-order chi connectivity index (χ0) is 23.5. The molecule has 34 heavy (non-hydrogen) atoms. The molecule has 0 unspecified atom stereocenters. The summed E-state index contributed by atoms with van der Waals surface area (Å²) in [5.41, 5.74) is 3.31. The number of ether oxygens (including phenoxy) is 1. The molecule has 4 aromatic rings. The summed E-state index contributed by atoms with van der Waals surface area (Å²) in [4.78, 5) is 21.6. The van der Waals surface area contributed by atoms with Crippen LogP contribution in [0.25, 0.3) is 22.0 Å². The van der Waals surface area contributed by atoms with Gasteiger partial charge in [0.05, 0.1) is 11.7 Å². The van der Waals surface area contributed by atoms with Gasteiger partial charge in [-0.3, -0.25) is 14.8 Å². The van der Waals surface area contributed by atoms with Crippen LogP contribution in [0.5, 0.6) is 5.75 Å². The highest BCUT2D eigenvalue weighted by Crippen LogP contribution is 2.24. The van der Waals surface area contributed by atoms with Crippen molar-refractivity contribution in [3.63, 3.8) is 0 Å². The Kier molecular flexibility index (Phi) is 6.22. The number of nitrogens with zero attached hydrogens (tertiary/aromatic N) is 4. The van der Waals surface area contributed by atoms with Gasteiger partial charge in [-0.05, 0) is 75.7 Å². The summed E-state index contributed by atoms with van der Waals surface area (Å²) in [7, 11) is 0. The van der Waals surface area contributed by atoms with Crippen molar-refractivity contribution in [2.24, 2.45) is 0 Å². The van der Waals surface area contributed by atoms with E-state index >= 15 is 0 Å². The van der Waals surface area contributed by atoms with Crippen molar-refractivity contribution in [2.45, 2.75) is 38.8 Å². The summed E-state index contributed by atoms with van der Waals surface area (Å²) < 4.78 is 7.94. The van der Waals surface area contributed by atoms with Crippen molar-refractivity contribution in [1.82, 2.24) is 25.1 Å². The first-order valence-corrected chi connectivity index (χ1v) is 11.7. The molecule has 2 aromatic carbocycles. The van der Waals surface area contributed by atoms with Crippen LogP contribution in [0.3, 0.4) is 0 Å². The van der Waals surface area contributed by atoms with Crippen LogP contribution in [-0.4, -0.2) is 44.8 Å². The zero-order valence-corrected chi connectivity index (χ0v) is 19.4. The molecule has 2 aromatic heterocycles. The van der Waals surface area contributed by atoms with Crippen molar-refractivity contribution in [2.75, 3.05) is 18.4 Å². The SMILES string of the molecule is CC(C)n1cc(-c2ccc3cnc(NC(=O)c4ccc(OC5CCNCC5)cc4)nc3c2)cn1. The number of hydrogen-bond acceptors (Lipinski definition) is 6. The van der Waals surface area contributed by atoms with Gasteiger partial charge in [-0.15, -0.1) is 0 Å². The van der Waals surface area contributed by atoms with Gasteiger partial charge in [-0.1, -0.05) is 12.1 Å². The Morgan fingerprint density at radius 1 is 1.09 bits per heavy atom. The molecule has 0 bridgehead atoms. The third-order valence-corrected chi connectivity index (χ3v) is 5.98. The van der Waals surface area contributed by atoms with Crippen molar-refractivity contribution >= 4 is 22.8 Å². The lowest BCUT2D eigenvalue weighted by molar-refractivity contribution is 0.102. The fraction of sp³-hybridized carbons (Fsp3) is 0.308. The fourth-order valence-corrected chi connectivity index (χ4v) is 4.00. The Hall–Kier alpha value is -3.78. The molecule has 8 nitrogen and oxygen atoms in total. The third-order valence-electron chi connectivity index (χ3n) is 5.98. The standard InChI is InChI=1S/C26H28N6O2/c1-17(2)32-16-21(15-29-32)19-3-4-20-14-28-26(30-24(20)13-19)31-25(33)18-5-7-22(8-6-18)34-23-9-11-27-12-10-23/h3-8,13-17,23,27H,9-12H2,1-2H3,(H,28,30,31,33). The molecular weight excluding hydrogens is 428 g/mol. The number of nitrogens with one attached hydrogen (secondary N) is 2. The lowest BCUT2D eigenvalue weighted by atomic mass is 10.1. The van der Waals surface area contributed by atoms with Crippen LogP contribution in [0.2, 0.25) is 0 Å². The van der Waals surface area contributed by atoms with Gasteiger partial charge in [0.1, 0.15) is 11.9 Å². The van der Waals surface area contributed by atoms with Gasteiger partial charge in [0.2, 0.25) is 5.95 Å². The van der Waals surface area contributed by atoms with Crippen LogP contribution < -0.4 is 15.4 Å². The molecule has 0 spiro atoms. The minimum Gasteiger partial charge on any atom is -0.490 e. The minimum atomic E-state index is -0.262. The maximum atomic E-state index is 12.8. The first-order valence-electron chi connectivity index (χ1n) is 11.7. The molecule has 3 heterocycles. The lowest BCUT2D eigenvalue weighted by Crippen LogP contribution is -2.34. The van der Waals surface area contributed by atoms with E-state index in [0.29, 0.717) is 11.6 Å². The van der Waals surface area contributed by atoms with Gasteiger partial charge < -0.3 is 10.1 Å². The topological polar surface area (TPSA) is 94.0 Å². The second kappa shape index (κ2) is 9.61. The number of benzene rings is 2. The monoisotopic (exact) mass is 456 g/mol. The normalized spacial score (nSPS) is 14.4. The van der Waals surface area contributed by atoms with E-state index in [1.54, 1.807) is 18.3 Å². The molecule has 0 radical (unpaired) electrons. The lowest BCUT2D eigenvalue weighted by Gasteiger charge is -2.23. The largest absolute Gasteiger partial charge is 0.490 e. The quantitative estimate of drug-likeness (QED) is 0.445. The van der Waals surface area contributed by atoms with E-state index in [0.717, 1.165) is 53.7 Å². The van der Waals surface area contributed by atoms with Gasteiger partial charge in [-0.25, -0.2) is 9.97 Å². The van der Waals surface area contributed by atoms with Gasteiger partial charge in [-0.2, -0.15) is 5.10 Å². The number of aromatic nitrogens is 4. The summed E-state index contributed by atoms with van der Waals surface area (Å²) in [5.74, 6) is 0.781. The summed E-state index contributed by atoms with van der Waals surface area (Å²) in [5, 5.41) is 11.4. The highest BCUT2D eigenvalue weighted by molar-refractivity contribution is 6.03. The predicted molar refractivity (Wildman–Crippen MR) is 132 cm³/mol. The predicted octanol–water partition coefficient (Wildman–Crippen LogP) is 4.46. The maximum absolute atomic E-state index is 12.8. The van der Waals surface area contributed by atoms with Crippen LogP contribution in [0.1, 0.15) is 43.1 Å². The first kappa shape index (κ1) is 22.0. The number of hydrogen-bond donors (Lipinski definition) is 2. The van der Waals surface area contributed by atoms with Crippen molar-refractivity contribution < 1.29 is 9.53 Å². The average molecular weight is 457 g/mol. The number of carbonyl (C=O) groups is 1. The van der Waals surface area contributed by atoms with E-state index in [1.807, 2.05) is 47.4 Å². The number of rotatable bonds is 6. The van der Waals surface area contributed by atoms with Gasteiger partial charge >= 0.3 is 0 Å². The fourth-order valence-electron chi connectivity index (χ4n) is 4.00.